The summed E-state index contributed by atoms with van der Waals surface area (Å²) in [6.45, 7) is 1.56. The Bertz CT molecular complexity index is 705. The Kier molecular flexibility index (Phi) is 5.71. The van der Waals surface area contributed by atoms with Crippen molar-refractivity contribution in [1.29, 1.82) is 0 Å². The number of hydrogen-bond acceptors (Lipinski definition) is 3. The van der Waals surface area contributed by atoms with Crippen molar-refractivity contribution in [2.45, 2.75) is 32.1 Å². The van der Waals surface area contributed by atoms with E-state index < -0.39 is 11.9 Å². The lowest BCUT2D eigenvalue weighted by molar-refractivity contribution is -0.141. The molecule has 1 aliphatic heterocycles. The maximum atomic E-state index is 12.9. The molecule has 6 nitrogen and oxygen atoms in total. The summed E-state index contributed by atoms with van der Waals surface area (Å²) in [4.78, 5) is 38.4. The zero-order chi connectivity index (χ0) is 18.5. The maximum absolute atomic E-state index is 12.9. The number of benzene rings is 1. The molecular formula is C20H24N2O4. The molecule has 6 heteroatoms. The Morgan fingerprint density at radius 1 is 0.923 bits per heavy atom. The summed E-state index contributed by atoms with van der Waals surface area (Å²) in [5.41, 5.74) is 0.709. The van der Waals surface area contributed by atoms with E-state index in [2.05, 4.69) is 5.32 Å². The van der Waals surface area contributed by atoms with Gasteiger partial charge in [0.15, 0.2) is 0 Å². The molecule has 1 fully saturated rings. The second-order valence-corrected chi connectivity index (χ2v) is 6.91. The second kappa shape index (κ2) is 8.17. The predicted molar refractivity (Wildman–Crippen MR) is 97.8 cm³/mol. The highest BCUT2D eigenvalue weighted by atomic mass is 16.4. The largest absolute Gasteiger partial charge is 0.478 e. The number of carboxylic acids is 1. The molecule has 1 aliphatic carbocycles. The number of aromatic carboxylic acids is 1. The van der Waals surface area contributed by atoms with Gasteiger partial charge in [0.05, 0.1) is 17.4 Å². The Labute approximate surface area is 152 Å². The molecule has 26 heavy (non-hydrogen) atoms. The number of allylic oxidation sites excluding steroid dienone is 2. The van der Waals surface area contributed by atoms with Gasteiger partial charge in [0.1, 0.15) is 0 Å². The van der Waals surface area contributed by atoms with Crippen LogP contribution in [-0.2, 0) is 9.59 Å². The number of anilines is 1. The number of rotatable bonds is 4. The Morgan fingerprint density at radius 2 is 1.54 bits per heavy atom. The first-order valence-corrected chi connectivity index (χ1v) is 9.14. The smallest absolute Gasteiger partial charge is 0.335 e. The van der Waals surface area contributed by atoms with Gasteiger partial charge in [0, 0.05) is 18.8 Å². The highest BCUT2D eigenvalue weighted by molar-refractivity contribution is 5.97. The van der Waals surface area contributed by atoms with Crippen LogP contribution in [0, 0.1) is 11.8 Å². The molecule has 3 rings (SSSR count). The molecule has 138 valence electrons. The van der Waals surface area contributed by atoms with Gasteiger partial charge in [-0.05, 0) is 56.4 Å². The van der Waals surface area contributed by atoms with Crippen LogP contribution in [0.4, 0.5) is 5.69 Å². The van der Waals surface area contributed by atoms with E-state index in [1.54, 1.807) is 12.1 Å². The molecule has 2 atom stereocenters. The van der Waals surface area contributed by atoms with Gasteiger partial charge in [-0.15, -0.1) is 0 Å². The van der Waals surface area contributed by atoms with Crippen molar-refractivity contribution in [3.8, 4) is 0 Å². The topological polar surface area (TPSA) is 86.7 Å². The van der Waals surface area contributed by atoms with Crippen LogP contribution in [0.5, 0.6) is 0 Å². The lowest BCUT2D eigenvalue weighted by Crippen LogP contribution is -2.45. The average Bonchev–Trinajstić information content (AvgIpc) is 2.68. The Morgan fingerprint density at radius 3 is 2.15 bits per heavy atom. The van der Waals surface area contributed by atoms with E-state index in [9.17, 15) is 14.4 Å². The molecule has 0 bridgehead atoms. The Balaban J connectivity index is 1.68. The van der Waals surface area contributed by atoms with Crippen LogP contribution in [0.1, 0.15) is 42.5 Å². The van der Waals surface area contributed by atoms with Gasteiger partial charge >= 0.3 is 5.97 Å². The molecule has 1 heterocycles. The summed E-state index contributed by atoms with van der Waals surface area (Å²) < 4.78 is 0. The summed E-state index contributed by atoms with van der Waals surface area (Å²) in [5.74, 6) is -1.83. The van der Waals surface area contributed by atoms with Crippen LogP contribution < -0.4 is 5.32 Å². The van der Waals surface area contributed by atoms with Crippen LogP contribution in [0.2, 0.25) is 0 Å². The molecule has 0 aromatic heterocycles. The number of likely N-dealkylation sites (tertiary alicyclic amines) is 1. The monoisotopic (exact) mass is 356 g/mol. The average molecular weight is 356 g/mol. The van der Waals surface area contributed by atoms with Gasteiger partial charge in [-0.3, -0.25) is 9.59 Å². The molecule has 1 aromatic carbocycles. The van der Waals surface area contributed by atoms with Gasteiger partial charge in [-0.1, -0.05) is 12.2 Å². The zero-order valence-electron chi connectivity index (χ0n) is 14.7. The van der Waals surface area contributed by atoms with Crippen LogP contribution >= 0.6 is 0 Å². The fourth-order valence-electron chi connectivity index (χ4n) is 3.66. The van der Waals surface area contributed by atoms with E-state index in [0.29, 0.717) is 18.5 Å². The molecule has 2 amide bonds. The molecule has 2 aliphatic rings. The highest BCUT2D eigenvalue weighted by Crippen LogP contribution is 2.29. The van der Waals surface area contributed by atoms with Crippen LogP contribution in [0.15, 0.2) is 36.4 Å². The van der Waals surface area contributed by atoms with Crippen molar-refractivity contribution in [3.05, 3.63) is 42.0 Å². The molecular weight excluding hydrogens is 332 g/mol. The predicted octanol–water partition coefficient (Wildman–Crippen LogP) is 2.92. The van der Waals surface area contributed by atoms with E-state index in [1.807, 2.05) is 17.1 Å². The molecule has 0 radical (unpaired) electrons. The number of carbonyl (C=O) groups is 3. The number of piperidine rings is 1. The first-order valence-electron chi connectivity index (χ1n) is 9.14. The zero-order valence-corrected chi connectivity index (χ0v) is 14.7. The minimum absolute atomic E-state index is 0.0791. The standard InChI is InChI=1S/C20H24N2O4/c23-18(21-15-10-8-14(9-11-15)20(25)26)16-6-2-3-7-17(16)19(24)22-12-4-1-5-13-22/h2-3,8-11,16-17H,1,4-7,12-13H2,(H,21,23)(H,25,26). The van der Waals surface area contributed by atoms with E-state index >= 15 is 0 Å². The lowest BCUT2D eigenvalue weighted by atomic mass is 9.81. The third kappa shape index (κ3) is 4.12. The number of amides is 2. The third-order valence-electron chi connectivity index (χ3n) is 5.15. The highest BCUT2D eigenvalue weighted by Gasteiger charge is 2.36. The molecule has 0 saturated carbocycles. The SMILES string of the molecule is O=C(O)c1ccc(NC(=O)C2CC=CCC2C(=O)N2CCCCC2)cc1. The quantitative estimate of drug-likeness (QED) is 0.812. The first-order chi connectivity index (χ1) is 12.6. The van der Waals surface area contributed by atoms with Crippen molar-refractivity contribution in [3.63, 3.8) is 0 Å². The second-order valence-electron chi connectivity index (χ2n) is 6.91. The van der Waals surface area contributed by atoms with Crippen molar-refractivity contribution in [2.75, 3.05) is 18.4 Å². The van der Waals surface area contributed by atoms with E-state index in [4.69, 9.17) is 5.11 Å². The summed E-state index contributed by atoms with van der Waals surface area (Å²) in [6, 6.07) is 6.05. The number of carbonyl (C=O) groups excluding carboxylic acids is 2. The van der Waals surface area contributed by atoms with Crippen LogP contribution in [0.25, 0.3) is 0 Å². The summed E-state index contributed by atoms with van der Waals surface area (Å²) in [5, 5.41) is 11.8. The summed E-state index contributed by atoms with van der Waals surface area (Å²) in [6.07, 6.45) is 8.29. The molecule has 1 aromatic rings. The molecule has 2 N–H and O–H groups in total. The fraction of sp³-hybridized carbons (Fsp3) is 0.450. The fourth-order valence-corrected chi connectivity index (χ4v) is 3.66. The number of nitrogens with one attached hydrogen (secondary N) is 1. The number of carboxylic acid groups (broad SMARTS) is 1. The van der Waals surface area contributed by atoms with Gasteiger partial charge in [0.2, 0.25) is 11.8 Å². The van der Waals surface area contributed by atoms with E-state index in [-0.39, 0.29) is 23.3 Å². The van der Waals surface area contributed by atoms with Crippen molar-refractivity contribution < 1.29 is 19.5 Å². The minimum Gasteiger partial charge on any atom is -0.478 e. The first kappa shape index (κ1) is 18.2. The van der Waals surface area contributed by atoms with Gasteiger partial charge in [0.25, 0.3) is 0 Å². The minimum atomic E-state index is -1.01. The van der Waals surface area contributed by atoms with Gasteiger partial charge in [-0.2, -0.15) is 0 Å². The van der Waals surface area contributed by atoms with Gasteiger partial charge in [-0.25, -0.2) is 4.79 Å². The summed E-state index contributed by atoms with van der Waals surface area (Å²) in [7, 11) is 0. The van der Waals surface area contributed by atoms with Gasteiger partial charge < -0.3 is 15.3 Å². The molecule has 0 spiro atoms. The molecule has 2 unspecified atom stereocenters. The van der Waals surface area contributed by atoms with Crippen LogP contribution in [0.3, 0.4) is 0 Å². The van der Waals surface area contributed by atoms with E-state index in [1.165, 1.54) is 12.1 Å². The molecule has 1 saturated heterocycles. The summed E-state index contributed by atoms with van der Waals surface area (Å²) >= 11 is 0. The van der Waals surface area contributed by atoms with Crippen molar-refractivity contribution in [1.82, 2.24) is 4.90 Å². The maximum Gasteiger partial charge on any atom is 0.335 e. The Hall–Kier alpha value is -2.63. The van der Waals surface area contributed by atoms with Crippen molar-refractivity contribution >= 4 is 23.5 Å². The van der Waals surface area contributed by atoms with E-state index in [0.717, 1.165) is 32.4 Å². The normalized spacial score (nSPS) is 22.7. The van der Waals surface area contributed by atoms with Crippen molar-refractivity contribution in [2.24, 2.45) is 11.8 Å². The number of nitrogens with zero attached hydrogens (tertiary/aromatic N) is 1. The lowest BCUT2D eigenvalue weighted by Gasteiger charge is -2.34. The third-order valence-corrected chi connectivity index (χ3v) is 5.15. The number of hydrogen-bond donors (Lipinski definition) is 2. The van der Waals surface area contributed by atoms with Crippen LogP contribution in [-0.4, -0.2) is 40.9 Å².